The Morgan fingerprint density at radius 1 is 1.17 bits per heavy atom. The van der Waals surface area contributed by atoms with Crippen molar-refractivity contribution in [2.24, 2.45) is 0 Å². The Bertz CT molecular complexity index is 597. The van der Waals surface area contributed by atoms with Gasteiger partial charge in [-0.1, -0.05) is 0 Å². The first-order chi connectivity index (χ1) is 10.7. The Morgan fingerprint density at radius 3 is 2.12 bits per heavy atom. The van der Waals surface area contributed by atoms with Crippen molar-refractivity contribution in [2.75, 3.05) is 13.7 Å². The lowest BCUT2D eigenvalue weighted by atomic mass is 10.2. The van der Waals surface area contributed by atoms with Crippen LogP contribution in [0.25, 0.3) is 0 Å². The fraction of sp³-hybridized carbons (Fsp3) is 0.833. The Morgan fingerprint density at radius 2 is 1.71 bits per heavy atom. The number of methoxy groups -OCH3 is 1. The van der Waals surface area contributed by atoms with Crippen LogP contribution in [0.4, 0.5) is 18.0 Å². The van der Waals surface area contributed by atoms with Gasteiger partial charge in [0.25, 0.3) is 0 Å². The first-order valence-electron chi connectivity index (χ1n) is 6.75. The summed E-state index contributed by atoms with van der Waals surface area (Å²) in [6, 6.07) is -1.31. The molecule has 1 saturated heterocycles. The Kier molecular flexibility index (Phi) is 5.76. The summed E-state index contributed by atoms with van der Waals surface area (Å²) in [6.07, 6.45) is -3.01. The molecular formula is C12H18F3NO7S. The van der Waals surface area contributed by atoms with Gasteiger partial charge in [0.1, 0.15) is 11.6 Å². The molecule has 8 nitrogen and oxygen atoms in total. The van der Waals surface area contributed by atoms with E-state index in [0.29, 0.717) is 0 Å². The van der Waals surface area contributed by atoms with Gasteiger partial charge in [-0.3, -0.25) is 9.08 Å². The van der Waals surface area contributed by atoms with E-state index < -0.39 is 58.4 Å². The molecule has 1 aliphatic rings. The van der Waals surface area contributed by atoms with Gasteiger partial charge in [0.05, 0.1) is 19.8 Å². The maximum absolute atomic E-state index is 12.4. The highest BCUT2D eigenvalue weighted by molar-refractivity contribution is 7.87. The maximum atomic E-state index is 12.4. The van der Waals surface area contributed by atoms with E-state index in [4.69, 9.17) is 4.74 Å². The average Bonchev–Trinajstić information content (AvgIpc) is 2.77. The molecule has 1 heterocycles. The molecule has 0 aromatic rings. The van der Waals surface area contributed by atoms with Crippen LogP contribution >= 0.6 is 0 Å². The number of rotatable bonds is 3. The zero-order valence-electron chi connectivity index (χ0n) is 13.4. The molecule has 140 valence electrons. The zero-order chi connectivity index (χ0) is 18.9. The summed E-state index contributed by atoms with van der Waals surface area (Å²) in [7, 11) is -4.83. The Labute approximate surface area is 137 Å². The summed E-state index contributed by atoms with van der Waals surface area (Å²) in [5.41, 5.74) is -6.53. The topological polar surface area (TPSA) is 99.2 Å². The predicted octanol–water partition coefficient (Wildman–Crippen LogP) is 1.40. The highest BCUT2D eigenvalue weighted by Crippen LogP contribution is 2.30. The minimum absolute atomic E-state index is 0.471. The summed E-state index contributed by atoms with van der Waals surface area (Å²) in [6.45, 7) is 4.09. The van der Waals surface area contributed by atoms with Crippen LogP contribution in [0, 0.1) is 0 Å². The highest BCUT2D eigenvalue weighted by atomic mass is 32.2. The van der Waals surface area contributed by atoms with Crippen molar-refractivity contribution in [1.82, 2.24) is 4.90 Å². The first kappa shape index (κ1) is 20.5. The normalized spacial score (nSPS) is 22.4. The molecule has 0 aromatic carbocycles. The third-order valence-electron chi connectivity index (χ3n) is 2.91. The molecule has 12 heteroatoms. The quantitative estimate of drug-likeness (QED) is 0.416. The largest absolute Gasteiger partial charge is 0.523 e. The van der Waals surface area contributed by atoms with Gasteiger partial charge in [-0.2, -0.15) is 21.6 Å². The number of alkyl halides is 3. The Balaban J connectivity index is 2.96. The molecule has 0 radical (unpaired) electrons. The minimum Gasteiger partial charge on any atom is -0.467 e. The molecule has 2 atom stereocenters. The second-order valence-electron chi connectivity index (χ2n) is 6.03. The maximum Gasteiger partial charge on any atom is 0.523 e. The lowest BCUT2D eigenvalue weighted by Gasteiger charge is -2.27. The molecule has 1 amide bonds. The van der Waals surface area contributed by atoms with Crippen molar-refractivity contribution < 1.29 is 44.8 Å². The number of esters is 1. The standard InChI is InChI=1S/C12H18F3NO7S/c1-11(2,3)22-10(18)16-6-7(5-8(16)9(17)21-4)23-24(19,20)12(13,14)15/h7-8H,5-6H2,1-4H3/t7-,8+/m1/s1. The van der Waals surface area contributed by atoms with Gasteiger partial charge in [0.15, 0.2) is 0 Å². The van der Waals surface area contributed by atoms with Crippen molar-refractivity contribution in [3.8, 4) is 0 Å². The molecule has 0 bridgehead atoms. The number of likely N-dealkylation sites (tertiary alicyclic amines) is 1. The van der Waals surface area contributed by atoms with Gasteiger partial charge in [-0.05, 0) is 20.8 Å². The van der Waals surface area contributed by atoms with Crippen LogP contribution in [0.1, 0.15) is 27.2 Å². The van der Waals surface area contributed by atoms with Gasteiger partial charge >= 0.3 is 27.7 Å². The summed E-state index contributed by atoms with van der Waals surface area (Å²) in [5.74, 6) is -0.920. The fourth-order valence-electron chi connectivity index (χ4n) is 1.98. The number of carbonyl (C=O) groups is 2. The number of nitrogens with zero attached hydrogens (tertiary/aromatic N) is 1. The van der Waals surface area contributed by atoms with Gasteiger partial charge in [0, 0.05) is 6.42 Å². The van der Waals surface area contributed by atoms with Gasteiger partial charge in [0.2, 0.25) is 0 Å². The first-order valence-corrected chi connectivity index (χ1v) is 8.16. The van der Waals surface area contributed by atoms with E-state index in [2.05, 4.69) is 8.92 Å². The molecule has 24 heavy (non-hydrogen) atoms. The molecule has 0 saturated carbocycles. The third-order valence-corrected chi connectivity index (χ3v) is 4.00. The van der Waals surface area contributed by atoms with Crippen molar-refractivity contribution >= 4 is 22.2 Å². The average molecular weight is 377 g/mol. The number of hydrogen-bond donors (Lipinski definition) is 0. The van der Waals surface area contributed by atoms with Crippen molar-refractivity contribution in [3.05, 3.63) is 0 Å². The van der Waals surface area contributed by atoms with Crippen LogP contribution in [0.2, 0.25) is 0 Å². The number of amides is 1. The van der Waals surface area contributed by atoms with Gasteiger partial charge < -0.3 is 9.47 Å². The zero-order valence-corrected chi connectivity index (χ0v) is 14.2. The number of hydrogen-bond acceptors (Lipinski definition) is 7. The molecule has 1 aliphatic heterocycles. The Hall–Kier alpha value is -1.56. The van der Waals surface area contributed by atoms with Crippen molar-refractivity contribution in [1.29, 1.82) is 0 Å². The van der Waals surface area contributed by atoms with Crippen LogP contribution in [-0.2, 0) is 28.6 Å². The number of halogens is 3. The van der Waals surface area contributed by atoms with Gasteiger partial charge in [-0.25, -0.2) is 9.59 Å². The van der Waals surface area contributed by atoms with E-state index in [1.54, 1.807) is 20.8 Å². The second kappa shape index (κ2) is 6.75. The number of ether oxygens (including phenoxy) is 2. The van der Waals surface area contributed by atoms with Crippen LogP contribution < -0.4 is 0 Å². The van der Waals surface area contributed by atoms with E-state index in [1.165, 1.54) is 0 Å². The van der Waals surface area contributed by atoms with Gasteiger partial charge in [-0.15, -0.1) is 0 Å². The van der Waals surface area contributed by atoms with Crippen LogP contribution in [-0.4, -0.2) is 62.3 Å². The summed E-state index contributed by atoms with van der Waals surface area (Å²) < 4.78 is 72.9. The number of carbonyl (C=O) groups excluding carboxylic acids is 2. The van der Waals surface area contributed by atoms with E-state index >= 15 is 0 Å². The molecule has 0 aliphatic carbocycles. The van der Waals surface area contributed by atoms with E-state index in [0.717, 1.165) is 12.0 Å². The third kappa shape index (κ3) is 4.97. The monoisotopic (exact) mass is 377 g/mol. The summed E-state index contributed by atoms with van der Waals surface area (Å²) >= 11 is 0. The van der Waals surface area contributed by atoms with Crippen LogP contribution in [0.3, 0.4) is 0 Å². The smallest absolute Gasteiger partial charge is 0.467 e. The van der Waals surface area contributed by atoms with E-state index in [1.807, 2.05) is 0 Å². The molecule has 1 fully saturated rings. The molecule has 0 spiro atoms. The molecule has 0 aromatic heterocycles. The van der Waals surface area contributed by atoms with Crippen LogP contribution in [0.15, 0.2) is 0 Å². The molecule has 0 unspecified atom stereocenters. The SMILES string of the molecule is COC(=O)[C@@H]1C[C@@H](OS(=O)(=O)C(F)(F)F)CN1C(=O)OC(C)(C)C. The minimum atomic E-state index is -5.85. The lowest BCUT2D eigenvalue weighted by Crippen LogP contribution is -2.44. The van der Waals surface area contributed by atoms with Crippen molar-refractivity contribution in [3.63, 3.8) is 0 Å². The second-order valence-corrected chi connectivity index (χ2v) is 7.59. The fourth-order valence-corrected chi connectivity index (χ4v) is 2.59. The highest BCUT2D eigenvalue weighted by Gasteiger charge is 2.51. The van der Waals surface area contributed by atoms with E-state index in [-0.39, 0.29) is 0 Å². The molecule has 0 N–H and O–H groups in total. The van der Waals surface area contributed by atoms with Crippen LogP contribution in [0.5, 0.6) is 0 Å². The van der Waals surface area contributed by atoms with Crippen molar-refractivity contribution in [2.45, 2.75) is 50.4 Å². The summed E-state index contributed by atoms with van der Waals surface area (Å²) in [4.78, 5) is 24.6. The molecular weight excluding hydrogens is 359 g/mol. The summed E-state index contributed by atoms with van der Waals surface area (Å²) in [5, 5.41) is 0. The predicted molar refractivity (Wildman–Crippen MR) is 73.2 cm³/mol. The van der Waals surface area contributed by atoms with E-state index in [9.17, 15) is 31.2 Å². The lowest BCUT2D eigenvalue weighted by molar-refractivity contribution is -0.145. The molecule has 1 rings (SSSR count).